The Morgan fingerprint density at radius 1 is 1.20 bits per heavy atom. The molecule has 30 heavy (non-hydrogen) atoms. The lowest BCUT2D eigenvalue weighted by Crippen LogP contribution is -2.23. The van der Waals surface area contributed by atoms with E-state index in [0.29, 0.717) is 32.3 Å². The minimum atomic E-state index is -0.531. The molecular formula is C18H13Cl2N7O3. The summed E-state index contributed by atoms with van der Waals surface area (Å²) < 4.78 is 7.25. The van der Waals surface area contributed by atoms with Crippen LogP contribution in [-0.2, 0) is 0 Å². The molecule has 1 aromatic carbocycles. The molecule has 1 fully saturated rings. The molecule has 10 nitrogen and oxygen atoms in total. The molecule has 4 aromatic rings. The van der Waals surface area contributed by atoms with Crippen LogP contribution in [0.4, 0.5) is 0 Å². The monoisotopic (exact) mass is 445 g/mol. The second-order valence-electron chi connectivity index (χ2n) is 6.69. The van der Waals surface area contributed by atoms with Crippen LogP contribution in [0.25, 0.3) is 11.7 Å². The number of fused-ring (bicyclic) bond motifs is 1. The minimum absolute atomic E-state index is 0.0298. The topological polar surface area (TPSA) is 134 Å². The van der Waals surface area contributed by atoms with E-state index in [0.717, 1.165) is 12.8 Å². The lowest BCUT2D eigenvalue weighted by atomic mass is 10.3. The lowest BCUT2D eigenvalue weighted by molar-refractivity contribution is 0.435. The molecule has 0 atom stereocenters. The van der Waals surface area contributed by atoms with Gasteiger partial charge in [-0.2, -0.15) is 19.6 Å². The Bertz CT molecular complexity index is 1430. The van der Waals surface area contributed by atoms with E-state index in [4.69, 9.17) is 27.9 Å². The van der Waals surface area contributed by atoms with Crippen LogP contribution in [0.1, 0.15) is 18.5 Å². The number of imidazole rings is 1. The number of nitrogens with one attached hydrogen (secondary N) is 2. The van der Waals surface area contributed by atoms with Gasteiger partial charge in [0.1, 0.15) is 11.4 Å². The molecule has 1 saturated carbocycles. The maximum absolute atomic E-state index is 11.4. The zero-order valence-electron chi connectivity index (χ0n) is 15.1. The van der Waals surface area contributed by atoms with Crippen LogP contribution in [0, 0.1) is 0 Å². The SMILES string of the molecule is O=c1[nH]c(O)c(/C=c2\cnn3c(=NC4CC4)nc(Oc4cc(Cl)cc(Cl)c4)nc23)[nH]1. The van der Waals surface area contributed by atoms with Gasteiger partial charge >= 0.3 is 11.7 Å². The van der Waals surface area contributed by atoms with Gasteiger partial charge in [-0.15, -0.1) is 0 Å². The number of H-pyrrole nitrogens is 2. The highest BCUT2D eigenvalue weighted by atomic mass is 35.5. The molecule has 12 heteroatoms. The van der Waals surface area contributed by atoms with Crippen LogP contribution in [0.3, 0.4) is 0 Å². The fraction of sp³-hybridized carbons (Fsp3) is 0.167. The fourth-order valence-electron chi connectivity index (χ4n) is 2.80. The van der Waals surface area contributed by atoms with E-state index in [1.165, 1.54) is 16.8 Å². The number of ether oxygens (including phenoxy) is 1. The van der Waals surface area contributed by atoms with E-state index in [-0.39, 0.29) is 23.6 Å². The van der Waals surface area contributed by atoms with Gasteiger partial charge in [0.05, 0.1) is 12.2 Å². The Morgan fingerprint density at radius 3 is 2.63 bits per heavy atom. The summed E-state index contributed by atoms with van der Waals surface area (Å²) in [5, 5.41) is 15.5. The Hall–Kier alpha value is -3.37. The molecule has 5 rings (SSSR count). The van der Waals surface area contributed by atoms with Gasteiger partial charge in [0.15, 0.2) is 5.65 Å². The smallest absolute Gasteiger partial charge is 0.327 e. The van der Waals surface area contributed by atoms with E-state index in [9.17, 15) is 9.90 Å². The third-order valence-corrected chi connectivity index (χ3v) is 4.72. The number of halogens is 2. The number of aromatic nitrogens is 6. The summed E-state index contributed by atoms with van der Waals surface area (Å²) in [5.41, 5.74) is 0.375. The quantitative estimate of drug-likeness (QED) is 0.436. The number of rotatable bonds is 4. The van der Waals surface area contributed by atoms with Gasteiger partial charge in [-0.1, -0.05) is 23.2 Å². The van der Waals surface area contributed by atoms with E-state index >= 15 is 0 Å². The molecule has 152 valence electrons. The van der Waals surface area contributed by atoms with Gasteiger partial charge in [-0.05, 0) is 37.1 Å². The van der Waals surface area contributed by atoms with Crippen molar-refractivity contribution in [2.45, 2.75) is 18.9 Å². The second-order valence-corrected chi connectivity index (χ2v) is 7.57. The average Bonchev–Trinajstić information content (AvgIpc) is 3.30. The number of hydrogen-bond donors (Lipinski definition) is 3. The predicted molar refractivity (Wildman–Crippen MR) is 108 cm³/mol. The standard InChI is InChI=1S/C18H13Cl2N7O3/c19-9-4-10(20)6-12(5-9)30-18-24-14-8(3-13-15(28)25-17(29)23-13)7-21-27(14)16(26-18)22-11-1-2-11/h3-7,11,28H,1-2H2,(H2,23,25,29)/b8-3+,22-16?. The zero-order chi connectivity index (χ0) is 20.8. The molecule has 0 unspecified atom stereocenters. The molecule has 3 N–H and O–H groups in total. The maximum Gasteiger partial charge on any atom is 0.327 e. The molecule has 1 aliphatic carbocycles. The molecule has 3 heterocycles. The van der Waals surface area contributed by atoms with Crippen molar-refractivity contribution in [2.24, 2.45) is 4.99 Å². The summed E-state index contributed by atoms with van der Waals surface area (Å²) in [4.78, 5) is 29.5. The van der Waals surface area contributed by atoms with Gasteiger partial charge < -0.3 is 14.8 Å². The normalized spacial score (nSPS) is 15.3. The Balaban J connectivity index is 1.68. The Kier molecular flexibility index (Phi) is 4.44. The fourth-order valence-corrected chi connectivity index (χ4v) is 3.31. The van der Waals surface area contributed by atoms with E-state index in [1.54, 1.807) is 18.2 Å². The largest absolute Gasteiger partial charge is 0.493 e. The van der Waals surface area contributed by atoms with Crippen molar-refractivity contribution in [1.82, 2.24) is 29.5 Å². The summed E-state index contributed by atoms with van der Waals surface area (Å²) in [6, 6.07) is 4.97. The van der Waals surface area contributed by atoms with Crippen molar-refractivity contribution in [3.8, 4) is 17.6 Å². The lowest BCUT2D eigenvalue weighted by Gasteiger charge is -2.05. The molecule has 0 saturated heterocycles. The first kappa shape index (κ1) is 18.6. The van der Waals surface area contributed by atoms with Crippen LogP contribution >= 0.6 is 23.2 Å². The second kappa shape index (κ2) is 7.15. The number of hydrogen-bond acceptors (Lipinski definition) is 7. The first-order valence-corrected chi connectivity index (χ1v) is 9.67. The van der Waals surface area contributed by atoms with Crippen LogP contribution < -0.4 is 21.3 Å². The summed E-state index contributed by atoms with van der Waals surface area (Å²) >= 11 is 12.1. The third kappa shape index (κ3) is 3.74. The molecule has 0 spiro atoms. The van der Waals surface area contributed by atoms with E-state index in [1.807, 2.05) is 0 Å². The van der Waals surface area contributed by atoms with Gasteiger partial charge in [0, 0.05) is 15.3 Å². The number of aromatic amines is 2. The zero-order valence-corrected chi connectivity index (χ0v) is 16.6. The van der Waals surface area contributed by atoms with Gasteiger partial charge in [0.2, 0.25) is 5.88 Å². The summed E-state index contributed by atoms with van der Waals surface area (Å²) in [7, 11) is 0. The molecule has 1 aliphatic rings. The summed E-state index contributed by atoms with van der Waals surface area (Å²) in [5.74, 6) is 0.0771. The highest BCUT2D eigenvalue weighted by Gasteiger charge is 2.21. The Labute approximate surface area is 177 Å². The third-order valence-electron chi connectivity index (χ3n) is 4.28. The van der Waals surface area contributed by atoms with E-state index < -0.39 is 5.69 Å². The van der Waals surface area contributed by atoms with Crippen molar-refractivity contribution in [2.75, 3.05) is 0 Å². The van der Waals surface area contributed by atoms with Crippen molar-refractivity contribution in [3.05, 3.63) is 61.5 Å². The molecule has 0 aliphatic heterocycles. The van der Waals surface area contributed by atoms with Crippen LogP contribution in [0.5, 0.6) is 17.6 Å². The summed E-state index contributed by atoms with van der Waals surface area (Å²) in [6.45, 7) is 0. The average molecular weight is 446 g/mol. The van der Waals surface area contributed by atoms with Gasteiger partial charge in [0.25, 0.3) is 5.62 Å². The van der Waals surface area contributed by atoms with Gasteiger partial charge in [-0.25, -0.2) is 9.79 Å². The molecule has 0 bridgehead atoms. The number of benzene rings is 1. The molecule has 3 aromatic heterocycles. The van der Waals surface area contributed by atoms with E-state index in [2.05, 4.69) is 30.0 Å². The van der Waals surface area contributed by atoms with Crippen molar-refractivity contribution in [3.63, 3.8) is 0 Å². The highest BCUT2D eigenvalue weighted by molar-refractivity contribution is 6.34. The van der Waals surface area contributed by atoms with Crippen LogP contribution in [0.15, 0.2) is 34.2 Å². The molecule has 0 radical (unpaired) electrons. The van der Waals surface area contributed by atoms with Gasteiger partial charge in [-0.3, -0.25) is 4.98 Å². The van der Waals surface area contributed by atoms with Crippen molar-refractivity contribution < 1.29 is 9.84 Å². The maximum atomic E-state index is 11.4. The predicted octanol–water partition coefficient (Wildman–Crippen LogP) is 1.56. The number of nitrogens with zero attached hydrogens (tertiary/aromatic N) is 5. The first-order chi connectivity index (χ1) is 14.4. The highest BCUT2D eigenvalue weighted by Crippen LogP contribution is 2.27. The molecule has 0 amide bonds. The summed E-state index contributed by atoms with van der Waals surface area (Å²) in [6.07, 6.45) is 5.01. The van der Waals surface area contributed by atoms with Crippen molar-refractivity contribution in [1.29, 1.82) is 0 Å². The van der Waals surface area contributed by atoms with Crippen LogP contribution in [0.2, 0.25) is 10.0 Å². The Morgan fingerprint density at radius 2 is 1.97 bits per heavy atom. The number of aromatic hydroxyl groups is 1. The minimum Gasteiger partial charge on any atom is -0.493 e. The van der Waals surface area contributed by atoms with Crippen molar-refractivity contribution >= 4 is 34.9 Å². The van der Waals surface area contributed by atoms with Crippen LogP contribution in [-0.4, -0.2) is 40.7 Å². The molecular weight excluding hydrogens is 433 g/mol. The first-order valence-electron chi connectivity index (χ1n) is 8.91.